The van der Waals surface area contributed by atoms with E-state index in [1.165, 1.54) is 11.2 Å². The van der Waals surface area contributed by atoms with E-state index in [0.29, 0.717) is 17.3 Å². The van der Waals surface area contributed by atoms with Crippen LogP contribution in [0.1, 0.15) is 12.8 Å². The third-order valence-corrected chi connectivity index (χ3v) is 4.57. The van der Waals surface area contributed by atoms with E-state index in [0.717, 1.165) is 16.8 Å². The third kappa shape index (κ3) is 4.02. The van der Waals surface area contributed by atoms with E-state index in [4.69, 9.17) is 0 Å². The van der Waals surface area contributed by atoms with Crippen molar-refractivity contribution in [3.8, 4) is 0 Å². The summed E-state index contributed by atoms with van der Waals surface area (Å²) in [5.41, 5.74) is 2.94. The highest BCUT2D eigenvalue weighted by Crippen LogP contribution is 2.18. The topological polar surface area (TPSA) is 64.0 Å². The van der Waals surface area contributed by atoms with Crippen molar-refractivity contribution in [2.45, 2.75) is 17.7 Å². The summed E-state index contributed by atoms with van der Waals surface area (Å²) in [7, 11) is 0. The van der Waals surface area contributed by atoms with Gasteiger partial charge in [0.1, 0.15) is 6.33 Å². The molecule has 6 heteroatoms. The van der Waals surface area contributed by atoms with Crippen LogP contribution in [0.3, 0.4) is 0 Å². The Morgan fingerprint density at radius 1 is 1.08 bits per heavy atom. The molecule has 0 unspecified atom stereocenters. The van der Waals surface area contributed by atoms with Crippen LogP contribution < -0.4 is 11.0 Å². The van der Waals surface area contributed by atoms with Crippen LogP contribution in [0, 0.1) is 0 Å². The van der Waals surface area contributed by atoms with E-state index in [2.05, 4.69) is 10.4 Å². The molecule has 0 aliphatic carbocycles. The predicted molar refractivity (Wildman–Crippen MR) is 96.8 cm³/mol. The van der Waals surface area contributed by atoms with E-state index in [9.17, 15) is 9.59 Å². The van der Waals surface area contributed by atoms with Gasteiger partial charge in [0.25, 0.3) is 5.56 Å². The summed E-state index contributed by atoms with van der Waals surface area (Å²) >= 11 is 1.71. The highest BCUT2D eigenvalue weighted by Gasteiger charge is 2.07. The lowest BCUT2D eigenvalue weighted by atomic mass is 10.2. The highest BCUT2D eigenvalue weighted by molar-refractivity contribution is 7.99. The molecule has 0 bridgehead atoms. The Hall–Kier alpha value is -2.60. The smallest absolute Gasteiger partial charge is 0.273 e. The van der Waals surface area contributed by atoms with E-state index < -0.39 is 0 Å². The molecule has 1 heterocycles. The van der Waals surface area contributed by atoms with Crippen molar-refractivity contribution in [1.82, 2.24) is 9.66 Å². The molecular weight excluding hydrogens is 322 g/mol. The molecular formula is C18H17N3O2S. The van der Waals surface area contributed by atoms with E-state index in [1.807, 2.05) is 36.4 Å². The Balaban J connectivity index is 1.53. The number of thioether (sulfide) groups is 1. The van der Waals surface area contributed by atoms with Crippen molar-refractivity contribution in [2.75, 3.05) is 11.2 Å². The predicted octanol–water partition coefficient (Wildman–Crippen LogP) is 3.04. The van der Waals surface area contributed by atoms with Crippen molar-refractivity contribution in [1.29, 1.82) is 0 Å². The Morgan fingerprint density at radius 2 is 1.83 bits per heavy atom. The molecule has 0 saturated carbocycles. The van der Waals surface area contributed by atoms with Gasteiger partial charge in [-0.05, 0) is 36.4 Å². The fourth-order valence-corrected chi connectivity index (χ4v) is 3.15. The minimum Gasteiger partial charge on any atom is -0.273 e. The molecule has 1 amide bonds. The minimum atomic E-state index is -0.271. The first-order valence-corrected chi connectivity index (χ1v) is 8.67. The molecule has 0 aliphatic heterocycles. The van der Waals surface area contributed by atoms with Gasteiger partial charge in [0, 0.05) is 11.3 Å². The van der Waals surface area contributed by atoms with Crippen LogP contribution in [0.15, 0.2) is 70.6 Å². The SMILES string of the molecule is O=C(CCCSc1ccccc1)Nn1cnc2ccccc2c1=O. The largest absolute Gasteiger partial charge is 0.280 e. The summed E-state index contributed by atoms with van der Waals surface area (Å²) in [5, 5.41) is 0.486. The van der Waals surface area contributed by atoms with Crippen LogP contribution in [-0.2, 0) is 4.79 Å². The third-order valence-electron chi connectivity index (χ3n) is 3.47. The molecule has 0 aliphatic rings. The molecule has 5 nitrogen and oxygen atoms in total. The molecule has 3 rings (SSSR count). The fourth-order valence-electron chi connectivity index (χ4n) is 2.28. The summed E-state index contributed by atoms with van der Waals surface area (Å²) in [6, 6.07) is 17.1. The van der Waals surface area contributed by atoms with Gasteiger partial charge in [-0.2, -0.15) is 0 Å². The zero-order valence-electron chi connectivity index (χ0n) is 13.0. The minimum absolute atomic E-state index is 0.192. The van der Waals surface area contributed by atoms with Crippen molar-refractivity contribution in [3.63, 3.8) is 0 Å². The van der Waals surface area contributed by atoms with Crippen molar-refractivity contribution >= 4 is 28.6 Å². The Bertz CT molecular complexity index is 893. The summed E-state index contributed by atoms with van der Waals surface area (Å²) in [6.07, 6.45) is 2.45. The van der Waals surface area contributed by atoms with Gasteiger partial charge in [-0.15, -0.1) is 11.8 Å². The van der Waals surface area contributed by atoms with Gasteiger partial charge < -0.3 is 0 Å². The van der Waals surface area contributed by atoms with Crippen LogP contribution in [-0.4, -0.2) is 21.3 Å². The quantitative estimate of drug-likeness (QED) is 0.554. The standard InChI is InChI=1S/C18H17N3O2S/c22-17(11-6-12-24-14-7-2-1-3-8-14)20-21-13-19-16-10-5-4-9-15(16)18(21)23/h1-5,7-10,13H,6,11-12H2,(H,20,22). The van der Waals surface area contributed by atoms with Gasteiger partial charge in [-0.3, -0.25) is 15.0 Å². The summed E-state index contributed by atoms with van der Waals surface area (Å²) < 4.78 is 1.15. The van der Waals surface area contributed by atoms with E-state index in [-0.39, 0.29) is 11.5 Å². The van der Waals surface area contributed by atoms with Crippen LogP contribution in [0.5, 0.6) is 0 Å². The van der Waals surface area contributed by atoms with Gasteiger partial charge in [-0.1, -0.05) is 30.3 Å². The number of hydrogen-bond acceptors (Lipinski definition) is 4. The Labute approximate surface area is 143 Å². The van der Waals surface area contributed by atoms with Crippen LogP contribution in [0.2, 0.25) is 0 Å². The second-order valence-electron chi connectivity index (χ2n) is 5.24. The molecule has 0 fully saturated rings. The lowest BCUT2D eigenvalue weighted by molar-refractivity contribution is -0.117. The van der Waals surface area contributed by atoms with Gasteiger partial charge in [-0.25, -0.2) is 9.66 Å². The number of amides is 1. The van der Waals surface area contributed by atoms with Gasteiger partial charge in [0.2, 0.25) is 5.91 Å². The number of rotatable bonds is 6. The number of nitrogens with one attached hydrogen (secondary N) is 1. The normalized spacial score (nSPS) is 10.7. The first-order chi connectivity index (χ1) is 11.7. The number of carbonyl (C=O) groups is 1. The molecule has 2 aromatic carbocycles. The van der Waals surface area contributed by atoms with Crippen molar-refractivity contribution in [3.05, 3.63) is 71.3 Å². The number of carbonyl (C=O) groups excluding carboxylic acids is 1. The Morgan fingerprint density at radius 3 is 2.67 bits per heavy atom. The number of benzene rings is 2. The number of nitrogens with zero attached hydrogens (tertiary/aromatic N) is 2. The maximum absolute atomic E-state index is 12.3. The molecule has 3 aromatic rings. The average Bonchev–Trinajstić information content (AvgIpc) is 2.62. The molecule has 1 aromatic heterocycles. The van der Waals surface area contributed by atoms with E-state index >= 15 is 0 Å². The van der Waals surface area contributed by atoms with E-state index in [1.54, 1.807) is 30.0 Å². The summed E-state index contributed by atoms with van der Waals surface area (Å²) in [6.45, 7) is 0. The van der Waals surface area contributed by atoms with Crippen molar-refractivity contribution < 1.29 is 4.79 Å². The van der Waals surface area contributed by atoms with Gasteiger partial charge >= 0.3 is 0 Å². The first kappa shape index (κ1) is 16.3. The lowest BCUT2D eigenvalue weighted by Gasteiger charge is -2.08. The molecule has 24 heavy (non-hydrogen) atoms. The Kier molecular flexibility index (Phi) is 5.28. The molecule has 122 valence electrons. The first-order valence-electron chi connectivity index (χ1n) is 7.68. The molecule has 0 saturated heterocycles. The highest BCUT2D eigenvalue weighted by atomic mass is 32.2. The van der Waals surface area contributed by atoms with Crippen LogP contribution >= 0.6 is 11.8 Å². The lowest BCUT2D eigenvalue weighted by Crippen LogP contribution is -2.33. The van der Waals surface area contributed by atoms with Crippen LogP contribution in [0.4, 0.5) is 0 Å². The second kappa shape index (κ2) is 7.79. The monoisotopic (exact) mass is 339 g/mol. The molecule has 0 radical (unpaired) electrons. The fraction of sp³-hybridized carbons (Fsp3) is 0.167. The summed E-state index contributed by atoms with van der Waals surface area (Å²) in [5.74, 6) is 0.658. The van der Waals surface area contributed by atoms with Gasteiger partial charge in [0.15, 0.2) is 0 Å². The number of para-hydroxylation sites is 1. The molecule has 0 spiro atoms. The van der Waals surface area contributed by atoms with Gasteiger partial charge in [0.05, 0.1) is 10.9 Å². The summed E-state index contributed by atoms with van der Waals surface area (Å²) in [4.78, 5) is 29.7. The number of hydrogen-bond donors (Lipinski definition) is 1. The molecule has 0 atom stereocenters. The maximum atomic E-state index is 12.3. The van der Waals surface area contributed by atoms with Crippen molar-refractivity contribution in [2.24, 2.45) is 0 Å². The zero-order chi connectivity index (χ0) is 16.8. The molecule has 1 N–H and O–H groups in total. The average molecular weight is 339 g/mol. The number of aromatic nitrogens is 2. The zero-order valence-corrected chi connectivity index (χ0v) is 13.8. The maximum Gasteiger partial charge on any atom is 0.280 e. The van der Waals surface area contributed by atoms with Crippen LogP contribution in [0.25, 0.3) is 10.9 Å². The number of fused-ring (bicyclic) bond motifs is 1. The second-order valence-corrected chi connectivity index (χ2v) is 6.41.